The fourth-order valence-corrected chi connectivity index (χ4v) is 7.20. The number of likely N-dealkylation sites (tertiary alicyclic amines) is 1. The third kappa shape index (κ3) is 6.82. The number of piperazine rings is 1. The summed E-state index contributed by atoms with van der Waals surface area (Å²) >= 11 is 8.03. The number of nitrogens with zero attached hydrogens (tertiary/aromatic N) is 4. The molecule has 238 valence electrons. The van der Waals surface area contributed by atoms with E-state index in [4.69, 9.17) is 31.5 Å². The number of amides is 4. The van der Waals surface area contributed by atoms with Gasteiger partial charge in [0.1, 0.15) is 12.4 Å². The number of imide groups is 1. The third-order valence-electron chi connectivity index (χ3n) is 8.10. The van der Waals surface area contributed by atoms with Gasteiger partial charge in [-0.15, -0.1) is 11.3 Å². The molecule has 2 fully saturated rings. The number of hydrogen-bond donors (Lipinski definition) is 1. The quantitative estimate of drug-likeness (QED) is 0.243. The average Bonchev–Trinajstić information content (AvgIpc) is 3.75. The van der Waals surface area contributed by atoms with Crippen molar-refractivity contribution in [2.75, 3.05) is 59.2 Å². The van der Waals surface area contributed by atoms with E-state index in [0.717, 1.165) is 31.8 Å². The SMILES string of the molecule is NCCOCCOCC(=O)N1CCN(C(=O)[C@H]2Cc3cc(Cl)cc(-c4ccnc5cc(CN6C(=O)CCC6=O)sc45)c3O2)CC1. The minimum atomic E-state index is -0.709. The van der Waals surface area contributed by atoms with Gasteiger partial charge in [0.2, 0.25) is 17.7 Å². The Morgan fingerprint density at radius 2 is 1.73 bits per heavy atom. The molecule has 5 heterocycles. The van der Waals surface area contributed by atoms with E-state index in [1.807, 2.05) is 24.3 Å². The molecule has 2 N–H and O–H groups in total. The molecule has 14 heteroatoms. The second-order valence-electron chi connectivity index (χ2n) is 11.1. The van der Waals surface area contributed by atoms with Crippen molar-refractivity contribution in [2.24, 2.45) is 5.73 Å². The molecule has 0 spiro atoms. The lowest BCUT2D eigenvalue weighted by molar-refractivity contribution is -0.145. The monoisotopic (exact) mass is 655 g/mol. The number of nitrogens with two attached hydrogens (primary N) is 1. The molecular weight excluding hydrogens is 622 g/mol. The van der Waals surface area contributed by atoms with E-state index in [2.05, 4.69) is 4.98 Å². The predicted molar refractivity (Wildman–Crippen MR) is 167 cm³/mol. The first kappa shape index (κ1) is 31.4. The maximum Gasteiger partial charge on any atom is 0.264 e. The number of carbonyl (C=O) groups excluding carboxylic acids is 4. The zero-order valence-electron chi connectivity index (χ0n) is 24.7. The van der Waals surface area contributed by atoms with Crippen molar-refractivity contribution in [3.05, 3.63) is 45.9 Å². The first-order chi connectivity index (χ1) is 21.8. The number of halogens is 1. The highest BCUT2D eigenvalue weighted by Gasteiger charge is 2.36. The van der Waals surface area contributed by atoms with Crippen molar-refractivity contribution < 1.29 is 33.4 Å². The molecule has 3 aromatic rings. The summed E-state index contributed by atoms with van der Waals surface area (Å²) in [7, 11) is 0. The van der Waals surface area contributed by atoms with Crippen LogP contribution in [0.1, 0.15) is 23.3 Å². The van der Waals surface area contributed by atoms with Gasteiger partial charge < -0.3 is 29.7 Å². The Balaban J connectivity index is 1.11. The van der Waals surface area contributed by atoms with Crippen LogP contribution in [0.25, 0.3) is 21.3 Å². The molecule has 0 saturated carbocycles. The number of pyridine rings is 1. The van der Waals surface area contributed by atoms with Gasteiger partial charge >= 0.3 is 0 Å². The van der Waals surface area contributed by atoms with Gasteiger partial charge in [-0.1, -0.05) is 11.6 Å². The lowest BCUT2D eigenvalue weighted by atomic mass is 10.0. The summed E-state index contributed by atoms with van der Waals surface area (Å²) in [6.07, 6.45) is 1.86. The zero-order valence-corrected chi connectivity index (χ0v) is 26.2. The van der Waals surface area contributed by atoms with Crippen LogP contribution in [-0.4, -0.2) is 109 Å². The van der Waals surface area contributed by atoms with Gasteiger partial charge in [0.05, 0.1) is 36.6 Å². The third-order valence-corrected chi connectivity index (χ3v) is 9.46. The maximum absolute atomic E-state index is 13.6. The van der Waals surface area contributed by atoms with Crippen LogP contribution in [0.3, 0.4) is 0 Å². The lowest BCUT2D eigenvalue weighted by Crippen LogP contribution is -2.54. The normalized spacial score (nSPS) is 18.2. The molecular formula is C31H34ClN5O7S. The summed E-state index contributed by atoms with van der Waals surface area (Å²) in [5.74, 6) is 0.0246. The summed E-state index contributed by atoms with van der Waals surface area (Å²) in [5, 5.41) is 0.524. The fraction of sp³-hybridized carbons (Fsp3) is 0.452. The van der Waals surface area contributed by atoms with Gasteiger partial charge in [-0.3, -0.25) is 29.1 Å². The highest BCUT2D eigenvalue weighted by molar-refractivity contribution is 7.19. The number of rotatable bonds is 11. The van der Waals surface area contributed by atoms with Gasteiger partial charge in [0.15, 0.2) is 6.10 Å². The highest BCUT2D eigenvalue weighted by Crippen LogP contribution is 2.45. The zero-order chi connectivity index (χ0) is 31.5. The van der Waals surface area contributed by atoms with Crippen LogP contribution in [-0.2, 0) is 41.6 Å². The van der Waals surface area contributed by atoms with Gasteiger partial charge in [-0.05, 0) is 24.3 Å². The predicted octanol–water partition coefficient (Wildman–Crippen LogP) is 2.23. The molecule has 1 atom stereocenters. The summed E-state index contributed by atoms with van der Waals surface area (Å²) in [5.41, 5.74) is 8.56. The molecule has 0 unspecified atom stereocenters. The minimum absolute atomic E-state index is 0.0347. The number of thiophene rings is 1. The van der Waals surface area contributed by atoms with Gasteiger partial charge in [-0.2, -0.15) is 0 Å². The van der Waals surface area contributed by atoms with E-state index < -0.39 is 6.10 Å². The molecule has 0 radical (unpaired) electrons. The number of fused-ring (bicyclic) bond motifs is 2. The summed E-state index contributed by atoms with van der Waals surface area (Å²) < 4.78 is 17.9. The van der Waals surface area contributed by atoms with Gasteiger partial charge in [-0.25, -0.2) is 0 Å². The van der Waals surface area contributed by atoms with Gasteiger partial charge in [0, 0.05) is 84.8 Å². The van der Waals surface area contributed by atoms with E-state index in [-0.39, 0.29) is 49.6 Å². The molecule has 2 saturated heterocycles. The summed E-state index contributed by atoms with van der Waals surface area (Å²) in [4.78, 5) is 60.6. The van der Waals surface area contributed by atoms with Crippen LogP contribution >= 0.6 is 22.9 Å². The largest absolute Gasteiger partial charge is 0.479 e. The Morgan fingerprint density at radius 1 is 1.00 bits per heavy atom. The van der Waals surface area contributed by atoms with Crippen LogP contribution in [0.4, 0.5) is 0 Å². The highest BCUT2D eigenvalue weighted by atomic mass is 35.5. The van der Waals surface area contributed by atoms with Crippen molar-refractivity contribution >= 4 is 56.8 Å². The standard InChI is InChI=1S/C31H34ClN5O7S/c32-20-13-19-14-25(31(41)36-8-6-35(7-9-36)28(40)18-43-12-11-42-10-4-33)44-29(19)23(15-20)22-3-5-34-24-16-21(45-30(22)24)17-37-26(38)1-2-27(37)39/h3,5,13,15-16,25H,1-2,4,6-12,14,17-18,33H2/t25-/m1/s1. The molecule has 6 rings (SSSR count). The van der Waals surface area contributed by atoms with Crippen molar-refractivity contribution in [1.82, 2.24) is 19.7 Å². The molecule has 2 aromatic heterocycles. The molecule has 0 bridgehead atoms. The molecule has 45 heavy (non-hydrogen) atoms. The van der Waals surface area contributed by atoms with E-state index in [1.54, 1.807) is 16.0 Å². The second-order valence-corrected chi connectivity index (χ2v) is 12.6. The van der Waals surface area contributed by atoms with E-state index in [1.165, 1.54) is 16.2 Å². The summed E-state index contributed by atoms with van der Waals surface area (Å²) in [6, 6.07) is 7.43. The van der Waals surface area contributed by atoms with Crippen LogP contribution in [0.2, 0.25) is 5.02 Å². The maximum atomic E-state index is 13.6. The van der Waals surface area contributed by atoms with Crippen LogP contribution in [0, 0.1) is 0 Å². The van der Waals surface area contributed by atoms with Crippen LogP contribution in [0.15, 0.2) is 30.5 Å². The van der Waals surface area contributed by atoms with Crippen molar-refractivity contribution in [2.45, 2.75) is 31.9 Å². The molecule has 12 nitrogen and oxygen atoms in total. The Labute approximate surface area is 268 Å². The molecule has 3 aliphatic heterocycles. The van der Waals surface area contributed by atoms with E-state index in [0.29, 0.717) is 69.7 Å². The molecule has 4 amide bonds. The number of hydrogen-bond acceptors (Lipinski definition) is 10. The Bertz CT molecular complexity index is 1610. The van der Waals surface area contributed by atoms with E-state index >= 15 is 0 Å². The van der Waals surface area contributed by atoms with Crippen LogP contribution < -0.4 is 10.5 Å². The molecule has 3 aliphatic rings. The van der Waals surface area contributed by atoms with Gasteiger partial charge in [0.25, 0.3) is 5.91 Å². The Morgan fingerprint density at radius 3 is 2.49 bits per heavy atom. The fourth-order valence-electron chi connectivity index (χ4n) is 5.83. The smallest absolute Gasteiger partial charge is 0.264 e. The number of carbonyl (C=O) groups is 4. The van der Waals surface area contributed by atoms with Crippen molar-refractivity contribution in [3.8, 4) is 16.9 Å². The summed E-state index contributed by atoms with van der Waals surface area (Å²) in [6.45, 7) is 3.40. The number of benzene rings is 1. The number of aromatic nitrogens is 1. The topological polar surface area (TPSA) is 145 Å². The number of ether oxygens (including phenoxy) is 3. The molecule has 0 aliphatic carbocycles. The first-order valence-corrected chi connectivity index (χ1v) is 16.1. The Kier molecular flexibility index (Phi) is 9.61. The second kappa shape index (κ2) is 13.8. The average molecular weight is 656 g/mol. The van der Waals surface area contributed by atoms with Crippen molar-refractivity contribution in [1.29, 1.82) is 0 Å². The van der Waals surface area contributed by atoms with Crippen molar-refractivity contribution in [3.63, 3.8) is 0 Å². The lowest BCUT2D eigenvalue weighted by Gasteiger charge is -2.35. The minimum Gasteiger partial charge on any atom is -0.479 e. The van der Waals surface area contributed by atoms with Crippen LogP contribution in [0.5, 0.6) is 5.75 Å². The first-order valence-electron chi connectivity index (χ1n) is 14.9. The molecule has 1 aromatic carbocycles. The Hall–Kier alpha value is -3.62. The van der Waals surface area contributed by atoms with E-state index in [9.17, 15) is 19.2 Å².